The maximum atomic E-state index is 13.7. The molecule has 1 heterocycles. The lowest BCUT2D eigenvalue weighted by Gasteiger charge is -2.32. The first-order valence-electron chi connectivity index (χ1n) is 13.3. The molecule has 3 aromatic rings. The third-order valence-electron chi connectivity index (χ3n) is 7.01. The summed E-state index contributed by atoms with van der Waals surface area (Å²) in [6.45, 7) is 9.97. The minimum Gasteiger partial charge on any atom is -0.497 e. The van der Waals surface area contributed by atoms with E-state index in [1.165, 1.54) is 11.1 Å². The van der Waals surface area contributed by atoms with Crippen molar-refractivity contribution in [3.05, 3.63) is 83.2 Å². The fourth-order valence-electron chi connectivity index (χ4n) is 4.49. The van der Waals surface area contributed by atoms with Gasteiger partial charge in [-0.1, -0.05) is 38.1 Å². The lowest BCUT2D eigenvalue weighted by molar-refractivity contribution is -0.134. The number of hydrogen-bond donors (Lipinski definition) is 0. The molecule has 7 nitrogen and oxygen atoms in total. The van der Waals surface area contributed by atoms with Crippen molar-refractivity contribution in [2.24, 2.45) is 0 Å². The molecule has 0 spiro atoms. The van der Waals surface area contributed by atoms with E-state index in [9.17, 15) is 9.59 Å². The zero-order valence-corrected chi connectivity index (χ0v) is 23.6. The van der Waals surface area contributed by atoms with Crippen molar-refractivity contribution in [3.63, 3.8) is 0 Å². The number of carbonyl (C=O) groups is 2. The topological polar surface area (TPSA) is 64.0 Å². The summed E-state index contributed by atoms with van der Waals surface area (Å²) in [5.74, 6) is 0.779. The molecule has 1 atom stereocenters. The highest BCUT2D eigenvalue weighted by Crippen LogP contribution is 2.24. The van der Waals surface area contributed by atoms with Gasteiger partial charge >= 0.3 is 0 Å². The van der Waals surface area contributed by atoms with Crippen LogP contribution in [0.1, 0.15) is 60.8 Å². The minimum atomic E-state index is -0.218. The number of nitrogens with zero attached hydrogens (tertiary/aromatic N) is 3. The minimum absolute atomic E-state index is 0.00897. The van der Waals surface area contributed by atoms with Crippen LogP contribution in [0.4, 0.5) is 0 Å². The highest BCUT2D eigenvalue weighted by Gasteiger charge is 2.26. The number of methoxy groups -OCH3 is 2. The summed E-state index contributed by atoms with van der Waals surface area (Å²) in [7, 11) is 3.10. The fourth-order valence-corrected chi connectivity index (χ4v) is 4.49. The van der Waals surface area contributed by atoms with E-state index in [-0.39, 0.29) is 24.4 Å². The zero-order valence-electron chi connectivity index (χ0n) is 23.6. The Morgan fingerprint density at radius 1 is 0.974 bits per heavy atom. The lowest BCUT2D eigenvalue weighted by Crippen LogP contribution is -2.46. The van der Waals surface area contributed by atoms with E-state index in [1.54, 1.807) is 37.3 Å². The maximum Gasteiger partial charge on any atom is 0.254 e. The second kappa shape index (κ2) is 13.7. The first kappa shape index (κ1) is 28.8. The van der Waals surface area contributed by atoms with Crippen LogP contribution < -0.4 is 9.47 Å². The van der Waals surface area contributed by atoms with Crippen LogP contribution in [-0.2, 0) is 17.9 Å². The standard InChI is InChI=1S/C31H41N3O4/c1-7-15-33(31(36)26-17-28(37-5)19-29(18-26)38-6)22-30(35)34(24(4)8-2)21-27-14-11-16-32(27)20-25-13-10-9-12-23(25)3/h9-14,16-19,24H,7-8,15,20-22H2,1-6H3. The molecule has 0 radical (unpaired) electrons. The highest BCUT2D eigenvalue weighted by atomic mass is 16.5. The summed E-state index contributed by atoms with van der Waals surface area (Å²) < 4.78 is 12.9. The molecule has 3 rings (SSSR count). The van der Waals surface area contributed by atoms with Gasteiger partial charge in [0.05, 0.1) is 20.8 Å². The van der Waals surface area contributed by atoms with Crippen LogP contribution in [0, 0.1) is 6.92 Å². The molecule has 0 aliphatic carbocycles. The monoisotopic (exact) mass is 519 g/mol. The lowest BCUT2D eigenvalue weighted by atomic mass is 10.1. The summed E-state index contributed by atoms with van der Waals surface area (Å²) in [4.78, 5) is 30.8. The molecule has 2 aromatic carbocycles. The molecule has 0 N–H and O–H groups in total. The Morgan fingerprint density at radius 3 is 2.26 bits per heavy atom. The van der Waals surface area contributed by atoms with Gasteiger partial charge in [-0.25, -0.2) is 0 Å². The molecule has 1 aromatic heterocycles. The number of ether oxygens (including phenoxy) is 2. The Morgan fingerprint density at radius 2 is 1.66 bits per heavy atom. The largest absolute Gasteiger partial charge is 0.497 e. The summed E-state index contributed by atoms with van der Waals surface area (Å²) in [5.41, 5.74) is 3.99. The zero-order chi connectivity index (χ0) is 27.7. The molecule has 7 heteroatoms. The van der Waals surface area contributed by atoms with Crippen molar-refractivity contribution in [1.29, 1.82) is 0 Å². The molecule has 0 bridgehead atoms. The second-order valence-corrected chi connectivity index (χ2v) is 9.66. The van der Waals surface area contributed by atoms with Crippen molar-refractivity contribution in [2.75, 3.05) is 27.3 Å². The van der Waals surface area contributed by atoms with Gasteiger partial charge in [0.25, 0.3) is 5.91 Å². The predicted molar refractivity (Wildman–Crippen MR) is 151 cm³/mol. The molecule has 204 valence electrons. The van der Waals surface area contributed by atoms with Gasteiger partial charge in [-0.15, -0.1) is 0 Å². The molecule has 0 aliphatic heterocycles. The average molecular weight is 520 g/mol. The van der Waals surface area contributed by atoms with Gasteiger partial charge in [-0.3, -0.25) is 9.59 Å². The molecular formula is C31H41N3O4. The van der Waals surface area contributed by atoms with Gasteiger partial charge in [0.1, 0.15) is 18.0 Å². The molecule has 38 heavy (non-hydrogen) atoms. The summed E-state index contributed by atoms with van der Waals surface area (Å²) in [6, 6.07) is 17.6. The van der Waals surface area contributed by atoms with Gasteiger partial charge in [0.2, 0.25) is 5.91 Å². The Balaban J connectivity index is 1.82. The van der Waals surface area contributed by atoms with Crippen molar-refractivity contribution in [1.82, 2.24) is 14.4 Å². The third kappa shape index (κ3) is 7.18. The molecular weight excluding hydrogens is 478 g/mol. The summed E-state index contributed by atoms with van der Waals surface area (Å²) in [5, 5.41) is 0. The number of aryl methyl sites for hydroxylation is 1. The normalized spacial score (nSPS) is 11.6. The van der Waals surface area contributed by atoms with Crippen molar-refractivity contribution in [3.8, 4) is 11.5 Å². The predicted octanol–water partition coefficient (Wildman–Crippen LogP) is 5.54. The summed E-state index contributed by atoms with van der Waals surface area (Å²) in [6.07, 6.45) is 3.62. The van der Waals surface area contributed by atoms with E-state index in [2.05, 4.69) is 55.8 Å². The first-order chi connectivity index (χ1) is 18.3. The van der Waals surface area contributed by atoms with Gasteiger partial charge in [-0.05, 0) is 62.1 Å². The molecule has 0 fully saturated rings. The molecule has 0 saturated heterocycles. The fraction of sp³-hybridized carbons (Fsp3) is 0.419. The van der Waals surface area contributed by atoms with Crippen LogP contribution in [0.15, 0.2) is 60.8 Å². The average Bonchev–Trinajstić information content (AvgIpc) is 3.37. The first-order valence-corrected chi connectivity index (χ1v) is 13.3. The smallest absolute Gasteiger partial charge is 0.254 e. The highest BCUT2D eigenvalue weighted by molar-refractivity contribution is 5.97. The Bertz CT molecular complexity index is 1200. The number of amides is 2. The van der Waals surface area contributed by atoms with Crippen LogP contribution in [-0.4, -0.2) is 59.5 Å². The van der Waals surface area contributed by atoms with Crippen molar-refractivity contribution < 1.29 is 19.1 Å². The van der Waals surface area contributed by atoms with E-state index in [0.29, 0.717) is 30.2 Å². The quantitative estimate of drug-likeness (QED) is 0.297. The van der Waals surface area contributed by atoms with E-state index >= 15 is 0 Å². The maximum absolute atomic E-state index is 13.7. The van der Waals surface area contributed by atoms with Crippen molar-refractivity contribution >= 4 is 11.8 Å². The van der Waals surface area contributed by atoms with E-state index in [4.69, 9.17) is 9.47 Å². The van der Waals surface area contributed by atoms with Crippen LogP contribution in [0.25, 0.3) is 0 Å². The van der Waals surface area contributed by atoms with E-state index < -0.39 is 0 Å². The molecule has 2 amide bonds. The van der Waals surface area contributed by atoms with Gasteiger partial charge < -0.3 is 23.8 Å². The van der Waals surface area contributed by atoms with Crippen LogP contribution >= 0.6 is 0 Å². The van der Waals surface area contributed by atoms with E-state index in [1.807, 2.05) is 24.0 Å². The molecule has 1 unspecified atom stereocenters. The second-order valence-electron chi connectivity index (χ2n) is 9.66. The number of aromatic nitrogens is 1. The molecule has 0 aliphatic rings. The van der Waals surface area contributed by atoms with Gasteiger partial charge in [-0.2, -0.15) is 0 Å². The number of carbonyl (C=O) groups excluding carboxylic acids is 2. The van der Waals surface area contributed by atoms with Crippen molar-refractivity contribution in [2.45, 2.75) is 59.7 Å². The van der Waals surface area contributed by atoms with Crippen LogP contribution in [0.3, 0.4) is 0 Å². The summed E-state index contributed by atoms with van der Waals surface area (Å²) >= 11 is 0. The number of rotatable bonds is 13. The van der Waals surface area contributed by atoms with Crippen LogP contribution in [0.5, 0.6) is 11.5 Å². The Labute approximate surface area is 227 Å². The van der Waals surface area contributed by atoms with Gasteiger partial charge in [0.15, 0.2) is 0 Å². The Kier molecular flexibility index (Phi) is 10.4. The Hall–Kier alpha value is -3.74. The van der Waals surface area contributed by atoms with E-state index in [0.717, 1.165) is 25.1 Å². The van der Waals surface area contributed by atoms with Gasteiger partial charge in [0, 0.05) is 42.7 Å². The third-order valence-corrected chi connectivity index (χ3v) is 7.01. The SMILES string of the molecule is CCCN(CC(=O)N(Cc1cccn1Cc1ccccc1C)C(C)CC)C(=O)c1cc(OC)cc(OC)c1. The number of hydrogen-bond acceptors (Lipinski definition) is 4. The number of benzene rings is 2. The van der Waals surface area contributed by atoms with Crippen LogP contribution in [0.2, 0.25) is 0 Å². The molecule has 0 saturated carbocycles.